The molecule has 5 heteroatoms. The Kier molecular flexibility index (Phi) is 12.7. The standard InChI is InChI=1S/C40H50N2SSi2/c1-29(2)44(30(3)4,31(5)6)27-25-37-17-13-15-35(41-37)19-21-39-23-24-40(43-39)22-20-36-16-14-18-38(42-36)26-28-45(32(7)8,33(9)10)34(11)12/h13-18,23-24,29-34H,1-12H3. The third-order valence-electron chi connectivity index (χ3n) is 9.28. The molecule has 0 aromatic carbocycles. The maximum Gasteiger partial charge on any atom is 0.146 e. The van der Waals surface area contributed by atoms with Crippen LogP contribution in [-0.2, 0) is 0 Å². The second kappa shape index (κ2) is 15.8. The molecule has 0 aliphatic carbocycles. The molecule has 3 heterocycles. The number of nitrogens with zero attached hydrogens (tertiary/aromatic N) is 2. The van der Waals surface area contributed by atoms with Crippen LogP contribution >= 0.6 is 11.3 Å². The number of rotatable bonds is 6. The first-order valence-electron chi connectivity index (χ1n) is 16.4. The van der Waals surface area contributed by atoms with Gasteiger partial charge in [-0.2, -0.15) is 0 Å². The summed E-state index contributed by atoms with van der Waals surface area (Å²) < 4.78 is 0. The molecule has 3 aromatic heterocycles. The van der Waals surface area contributed by atoms with Crippen LogP contribution in [0.25, 0.3) is 0 Å². The van der Waals surface area contributed by atoms with E-state index in [4.69, 9.17) is 9.97 Å². The van der Waals surface area contributed by atoms with Gasteiger partial charge >= 0.3 is 0 Å². The lowest BCUT2D eigenvalue weighted by atomic mass is 10.3. The summed E-state index contributed by atoms with van der Waals surface area (Å²) in [5.74, 6) is 19.9. The van der Waals surface area contributed by atoms with E-state index < -0.39 is 16.1 Å². The summed E-state index contributed by atoms with van der Waals surface area (Å²) in [4.78, 5) is 11.4. The smallest absolute Gasteiger partial charge is 0.146 e. The van der Waals surface area contributed by atoms with E-state index in [-0.39, 0.29) is 0 Å². The van der Waals surface area contributed by atoms with E-state index >= 15 is 0 Å². The van der Waals surface area contributed by atoms with Gasteiger partial charge in [0.25, 0.3) is 0 Å². The Balaban J connectivity index is 1.80. The van der Waals surface area contributed by atoms with E-state index in [1.54, 1.807) is 11.3 Å². The highest BCUT2D eigenvalue weighted by Crippen LogP contribution is 2.41. The number of thiophene rings is 1. The van der Waals surface area contributed by atoms with E-state index in [2.05, 4.69) is 130 Å². The minimum absolute atomic E-state index is 0.587. The van der Waals surface area contributed by atoms with Crippen molar-refractivity contribution in [2.24, 2.45) is 0 Å². The molecule has 3 aromatic rings. The zero-order valence-electron chi connectivity index (χ0n) is 29.4. The molecule has 0 unspecified atom stereocenters. The van der Waals surface area contributed by atoms with Crippen molar-refractivity contribution >= 4 is 27.5 Å². The second-order valence-electron chi connectivity index (χ2n) is 13.8. The molecule has 45 heavy (non-hydrogen) atoms. The lowest BCUT2D eigenvalue weighted by Crippen LogP contribution is -2.43. The molecule has 0 spiro atoms. The predicted molar refractivity (Wildman–Crippen MR) is 201 cm³/mol. The van der Waals surface area contributed by atoms with Crippen molar-refractivity contribution in [2.75, 3.05) is 0 Å². The maximum absolute atomic E-state index is 4.75. The van der Waals surface area contributed by atoms with Gasteiger partial charge < -0.3 is 0 Å². The van der Waals surface area contributed by atoms with E-state index in [1.807, 2.05) is 48.5 Å². The van der Waals surface area contributed by atoms with Gasteiger partial charge in [-0.1, -0.05) is 107 Å². The van der Waals surface area contributed by atoms with Crippen LogP contribution in [0.15, 0.2) is 48.5 Å². The Morgan fingerprint density at radius 3 is 1.00 bits per heavy atom. The zero-order valence-corrected chi connectivity index (χ0v) is 32.2. The van der Waals surface area contributed by atoms with Gasteiger partial charge in [-0.05, 0) is 93.3 Å². The van der Waals surface area contributed by atoms with Crippen LogP contribution in [0.1, 0.15) is 116 Å². The third-order valence-corrected chi connectivity index (χ3v) is 22.8. The first-order valence-corrected chi connectivity index (χ1v) is 21.6. The first-order chi connectivity index (χ1) is 21.2. The fourth-order valence-electron chi connectivity index (χ4n) is 7.08. The fraction of sp³-hybridized carbons (Fsp3) is 0.450. The van der Waals surface area contributed by atoms with Gasteiger partial charge in [0.15, 0.2) is 0 Å². The summed E-state index contributed by atoms with van der Waals surface area (Å²) in [6.07, 6.45) is 0. The summed E-state index contributed by atoms with van der Waals surface area (Å²) >= 11 is 1.58. The van der Waals surface area contributed by atoms with Gasteiger partial charge in [-0.25, -0.2) is 9.97 Å². The van der Waals surface area contributed by atoms with E-state index in [0.29, 0.717) is 33.2 Å². The summed E-state index contributed by atoms with van der Waals surface area (Å²) in [5, 5.41) is 0. The first kappa shape index (κ1) is 36.1. The highest BCUT2D eigenvalue weighted by atomic mass is 32.1. The van der Waals surface area contributed by atoms with Gasteiger partial charge in [-0.3, -0.25) is 0 Å². The van der Waals surface area contributed by atoms with Crippen molar-refractivity contribution < 1.29 is 0 Å². The molecular weight excluding hydrogens is 597 g/mol. The molecule has 0 amide bonds. The van der Waals surface area contributed by atoms with Crippen molar-refractivity contribution in [3.05, 3.63) is 81.1 Å². The van der Waals surface area contributed by atoms with Crippen LogP contribution in [0.4, 0.5) is 0 Å². The topological polar surface area (TPSA) is 25.8 Å². The maximum atomic E-state index is 4.75. The van der Waals surface area contributed by atoms with Crippen LogP contribution in [0.2, 0.25) is 33.2 Å². The molecule has 3 rings (SSSR count). The summed E-state index contributed by atoms with van der Waals surface area (Å²) in [5.41, 5.74) is 14.1. The van der Waals surface area contributed by atoms with Gasteiger partial charge in [-0.15, -0.1) is 22.4 Å². The molecule has 0 aliphatic rings. The van der Waals surface area contributed by atoms with Gasteiger partial charge in [0.2, 0.25) is 0 Å². The highest BCUT2D eigenvalue weighted by Gasteiger charge is 2.42. The lowest BCUT2D eigenvalue weighted by molar-refractivity contribution is 0.838. The van der Waals surface area contributed by atoms with Crippen LogP contribution in [0.5, 0.6) is 0 Å². The molecule has 0 atom stereocenters. The number of aromatic nitrogens is 2. The highest BCUT2D eigenvalue weighted by molar-refractivity contribution is 7.13. The quantitative estimate of drug-likeness (QED) is 0.197. The molecule has 0 bridgehead atoms. The Bertz CT molecular complexity index is 1540. The monoisotopic (exact) mass is 646 g/mol. The molecule has 2 nitrogen and oxygen atoms in total. The molecular formula is C40H50N2SSi2. The fourth-order valence-corrected chi connectivity index (χ4v) is 18.2. The van der Waals surface area contributed by atoms with E-state index in [1.165, 1.54) is 0 Å². The van der Waals surface area contributed by atoms with Crippen LogP contribution in [-0.4, -0.2) is 26.1 Å². The minimum Gasteiger partial charge on any atom is -0.231 e. The largest absolute Gasteiger partial charge is 0.231 e. The normalized spacial score (nSPS) is 11.6. The third kappa shape index (κ3) is 8.69. The van der Waals surface area contributed by atoms with Crippen LogP contribution < -0.4 is 0 Å². The number of hydrogen-bond acceptors (Lipinski definition) is 3. The van der Waals surface area contributed by atoms with Gasteiger partial charge in [0, 0.05) is 0 Å². The summed E-state index contributed by atoms with van der Waals surface area (Å²) in [6, 6.07) is 15.9. The molecule has 234 valence electrons. The Hall–Kier alpha value is -3.33. The minimum atomic E-state index is -1.81. The molecule has 0 radical (unpaired) electrons. The summed E-state index contributed by atoms with van der Waals surface area (Å²) in [7, 11) is -3.63. The average molecular weight is 647 g/mol. The van der Waals surface area contributed by atoms with Crippen molar-refractivity contribution in [2.45, 2.75) is 116 Å². The molecule has 0 saturated heterocycles. The molecule has 0 saturated carbocycles. The zero-order chi connectivity index (χ0) is 33.4. The van der Waals surface area contributed by atoms with E-state index in [0.717, 1.165) is 32.5 Å². The summed E-state index contributed by atoms with van der Waals surface area (Å²) in [6.45, 7) is 28.0. The lowest BCUT2D eigenvalue weighted by Gasteiger charge is -2.38. The van der Waals surface area contributed by atoms with Crippen molar-refractivity contribution in [3.8, 4) is 46.6 Å². The van der Waals surface area contributed by atoms with Gasteiger partial charge in [0.05, 0.1) is 9.75 Å². The number of pyridine rings is 2. The van der Waals surface area contributed by atoms with Crippen LogP contribution in [0.3, 0.4) is 0 Å². The average Bonchev–Trinajstić information content (AvgIpc) is 3.43. The van der Waals surface area contributed by atoms with Crippen molar-refractivity contribution in [3.63, 3.8) is 0 Å². The molecule has 0 N–H and O–H groups in total. The second-order valence-corrected chi connectivity index (χ2v) is 26.0. The van der Waals surface area contributed by atoms with E-state index in [9.17, 15) is 0 Å². The van der Waals surface area contributed by atoms with Gasteiger partial charge in [0.1, 0.15) is 38.9 Å². The Morgan fingerprint density at radius 2 is 0.711 bits per heavy atom. The van der Waals surface area contributed by atoms with Crippen molar-refractivity contribution in [1.29, 1.82) is 0 Å². The van der Waals surface area contributed by atoms with Crippen molar-refractivity contribution in [1.82, 2.24) is 9.97 Å². The number of hydrogen-bond donors (Lipinski definition) is 0. The van der Waals surface area contributed by atoms with Crippen LogP contribution in [0, 0.1) is 46.6 Å². The Labute approximate surface area is 280 Å². The molecule has 0 fully saturated rings. The molecule has 0 aliphatic heterocycles. The Morgan fingerprint density at radius 1 is 0.422 bits per heavy atom. The predicted octanol–water partition coefficient (Wildman–Crippen LogP) is 10.5. The SMILES string of the molecule is CC(C)[Si](C#Cc1cccc(C#Cc2ccc(C#Cc3cccc(C#C[Si](C(C)C)(C(C)C)C(C)C)n3)s2)n1)(C(C)C)C(C)C.